The van der Waals surface area contributed by atoms with Gasteiger partial charge in [-0.1, -0.05) is 23.8 Å². The molecular weight excluding hydrogens is 465 g/mol. The quantitative estimate of drug-likeness (QED) is 0.449. The van der Waals surface area contributed by atoms with E-state index in [0.29, 0.717) is 30.8 Å². The Morgan fingerprint density at radius 1 is 1.23 bits per heavy atom. The van der Waals surface area contributed by atoms with Crippen LogP contribution >= 0.6 is 11.5 Å². The van der Waals surface area contributed by atoms with Crippen molar-refractivity contribution in [3.05, 3.63) is 75.9 Å². The molecule has 2 aromatic carbocycles. The van der Waals surface area contributed by atoms with Crippen LogP contribution in [0.25, 0.3) is 10.9 Å². The first-order valence-corrected chi connectivity index (χ1v) is 12.4. The van der Waals surface area contributed by atoms with Crippen molar-refractivity contribution in [3.63, 3.8) is 0 Å². The zero-order valence-electron chi connectivity index (χ0n) is 20.2. The van der Waals surface area contributed by atoms with Crippen molar-refractivity contribution >= 4 is 28.3 Å². The van der Waals surface area contributed by atoms with Crippen molar-refractivity contribution in [3.8, 4) is 0 Å². The summed E-state index contributed by atoms with van der Waals surface area (Å²) in [6.07, 6.45) is 2.11. The standard InChI is InChI=1S/C26H28FN5O2S/c1-16-5-8-21-19(11-16)22(30-32(21)13-25(3,4)34)23(33)31-10-9-26(14-31,24-28-15-29-35-24)18-7-6-17(2)20(27)12-18/h5-8,11-12,15,34H,9-10,13-14H2,1-4H3. The molecule has 1 amide bonds. The molecule has 1 aliphatic heterocycles. The lowest BCUT2D eigenvalue weighted by atomic mass is 9.80. The molecule has 0 aliphatic carbocycles. The molecule has 9 heteroatoms. The van der Waals surface area contributed by atoms with E-state index in [1.54, 1.807) is 42.5 Å². The predicted octanol–water partition coefficient (Wildman–Crippen LogP) is 4.25. The fraction of sp³-hybridized carbons (Fsp3) is 0.385. The summed E-state index contributed by atoms with van der Waals surface area (Å²) in [5.41, 5.74) is 1.93. The maximum atomic E-state index is 14.6. The summed E-state index contributed by atoms with van der Waals surface area (Å²) in [5.74, 6) is -0.461. The maximum absolute atomic E-state index is 14.6. The molecule has 7 nitrogen and oxygen atoms in total. The van der Waals surface area contributed by atoms with Gasteiger partial charge < -0.3 is 10.0 Å². The van der Waals surface area contributed by atoms with Crippen LogP contribution in [0.1, 0.15) is 52.5 Å². The molecule has 1 fully saturated rings. The highest BCUT2D eigenvalue weighted by Crippen LogP contribution is 2.42. The Bertz CT molecular complexity index is 1410. The highest BCUT2D eigenvalue weighted by molar-refractivity contribution is 7.05. The Kier molecular flexibility index (Phi) is 5.72. The second kappa shape index (κ2) is 8.49. The minimum atomic E-state index is -0.986. The molecule has 4 aromatic rings. The van der Waals surface area contributed by atoms with Crippen molar-refractivity contribution in [2.45, 2.75) is 51.7 Å². The average molecular weight is 494 g/mol. The highest BCUT2D eigenvalue weighted by atomic mass is 32.1. The number of benzene rings is 2. The van der Waals surface area contributed by atoms with E-state index < -0.39 is 11.0 Å². The van der Waals surface area contributed by atoms with Gasteiger partial charge in [0.2, 0.25) is 0 Å². The second-order valence-corrected chi connectivity index (χ2v) is 10.9. The van der Waals surface area contributed by atoms with Crippen LogP contribution in [0.5, 0.6) is 0 Å². The number of halogens is 1. The fourth-order valence-corrected chi connectivity index (χ4v) is 5.63. The van der Waals surface area contributed by atoms with E-state index in [9.17, 15) is 14.3 Å². The first kappa shape index (κ1) is 23.6. The number of aliphatic hydroxyl groups is 1. The first-order valence-electron chi connectivity index (χ1n) is 11.6. The van der Waals surface area contributed by atoms with E-state index in [1.165, 1.54) is 17.9 Å². The summed E-state index contributed by atoms with van der Waals surface area (Å²) in [6, 6.07) is 11.1. The second-order valence-electron chi connectivity index (χ2n) is 10.1. The lowest BCUT2D eigenvalue weighted by Gasteiger charge is -2.27. The molecular formula is C26H28FN5O2S. The summed E-state index contributed by atoms with van der Waals surface area (Å²) in [6.45, 7) is 8.25. The number of amides is 1. The van der Waals surface area contributed by atoms with Crippen LogP contribution in [0.15, 0.2) is 42.7 Å². The van der Waals surface area contributed by atoms with E-state index >= 15 is 0 Å². The van der Waals surface area contributed by atoms with Crippen LogP contribution in [0.4, 0.5) is 4.39 Å². The molecule has 0 radical (unpaired) electrons. The number of likely N-dealkylation sites (tertiary alicyclic amines) is 1. The van der Waals surface area contributed by atoms with Crippen molar-refractivity contribution in [1.29, 1.82) is 0 Å². The number of hydrogen-bond donors (Lipinski definition) is 1. The smallest absolute Gasteiger partial charge is 0.275 e. The van der Waals surface area contributed by atoms with Crippen LogP contribution < -0.4 is 0 Å². The Labute approximate surface area is 207 Å². The normalized spacial score (nSPS) is 18.5. The summed E-state index contributed by atoms with van der Waals surface area (Å²) >= 11 is 1.28. The molecule has 0 spiro atoms. The Morgan fingerprint density at radius 3 is 2.71 bits per heavy atom. The lowest BCUT2D eigenvalue weighted by Crippen LogP contribution is -2.36. The van der Waals surface area contributed by atoms with Gasteiger partial charge in [-0.25, -0.2) is 9.37 Å². The molecule has 182 valence electrons. The monoisotopic (exact) mass is 493 g/mol. The molecule has 1 saturated heterocycles. The Hall–Kier alpha value is -3.17. The number of carbonyl (C=O) groups excluding carboxylic acids is 1. The fourth-order valence-electron chi connectivity index (χ4n) is 4.88. The molecule has 3 heterocycles. The minimum absolute atomic E-state index is 0.186. The van der Waals surface area contributed by atoms with Crippen LogP contribution in [-0.4, -0.2) is 53.7 Å². The van der Waals surface area contributed by atoms with Crippen molar-refractivity contribution in [2.24, 2.45) is 0 Å². The van der Waals surface area contributed by atoms with Gasteiger partial charge >= 0.3 is 0 Å². The number of rotatable bonds is 5. The first-order chi connectivity index (χ1) is 16.6. The van der Waals surface area contributed by atoms with Crippen LogP contribution in [0.3, 0.4) is 0 Å². The number of aryl methyl sites for hydroxylation is 2. The molecule has 0 saturated carbocycles. The topological polar surface area (TPSA) is 84.1 Å². The van der Waals surface area contributed by atoms with Gasteiger partial charge in [-0.3, -0.25) is 9.48 Å². The van der Waals surface area contributed by atoms with E-state index in [2.05, 4.69) is 14.5 Å². The van der Waals surface area contributed by atoms with E-state index in [-0.39, 0.29) is 18.3 Å². The molecule has 0 bridgehead atoms. The van der Waals surface area contributed by atoms with Crippen LogP contribution in [-0.2, 0) is 12.0 Å². The van der Waals surface area contributed by atoms with Crippen molar-refractivity contribution < 1.29 is 14.3 Å². The van der Waals surface area contributed by atoms with Gasteiger partial charge in [0.15, 0.2) is 5.69 Å². The van der Waals surface area contributed by atoms with E-state index in [0.717, 1.165) is 27.0 Å². The largest absolute Gasteiger partial charge is 0.389 e. The van der Waals surface area contributed by atoms with Gasteiger partial charge in [0.25, 0.3) is 5.91 Å². The molecule has 35 heavy (non-hydrogen) atoms. The van der Waals surface area contributed by atoms with Crippen LogP contribution in [0.2, 0.25) is 0 Å². The van der Waals surface area contributed by atoms with Gasteiger partial charge in [0.05, 0.1) is 23.1 Å². The third kappa shape index (κ3) is 4.23. The zero-order chi connectivity index (χ0) is 25.0. The molecule has 1 N–H and O–H groups in total. The third-order valence-electron chi connectivity index (χ3n) is 6.70. The van der Waals surface area contributed by atoms with Gasteiger partial charge in [-0.05, 0) is 75.0 Å². The van der Waals surface area contributed by atoms with Gasteiger partial charge in [-0.15, -0.1) is 0 Å². The van der Waals surface area contributed by atoms with Crippen LogP contribution in [0, 0.1) is 19.7 Å². The molecule has 2 aromatic heterocycles. The number of carbonyl (C=O) groups is 1. The molecule has 5 rings (SSSR count). The number of aromatic nitrogens is 4. The number of hydrogen-bond acceptors (Lipinski definition) is 6. The van der Waals surface area contributed by atoms with Gasteiger partial charge in [-0.2, -0.15) is 9.47 Å². The highest BCUT2D eigenvalue weighted by Gasteiger charge is 2.46. The van der Waals surface area contributed by atoms with Gasteiger partial charge in [0, 0.05) is 18.5 Å². The Morgan fingerprint density at radius 2 is 2.03 bits per heavy atom. The summed E-state index contributed by atoms with van der Waals surface area (Å²) in [5, 5.41) is 16.6. The van der Waals surface area contributed by atoms with E-state index in [4.69, 9.17) is 0 Å². The minimum Gasteiger partial charge on any atom is -0.389 e. The van der Waals surface area contributed by atoms with E-state index in [1.807, 2.05) is 31.2 Å². The molecule has 1 aliphatic rings. The SMILES string of the molecule is Cc1ccc2c(c1)c(C(=O)N1CCC(c3ccc(C)c(F)c3)(c3ncns3)C1)nn2CC(C)(C)O. The van der Waals surface area contributed by atoms with Gasteiger partial charge in [0.1, 0.15) is 17.2 Å². The predicted molar refractivity (Wildman–Crippen MR) is 133 cm³/mol. The average Bonchev–Trinajstić information content (AvgIpc) is 3.53. The number of fused-ring (bicyclic) bond motifs is 1. The summed E-state index contributed by atoms with van der Waals surface area (Å²) in [7, 11) is 0. The maximum Gasteiger partial charge on any atom is 0.275 e. The zero-order valence-corrected chi connectivity index (χ0v) is 21.1. The van der Waals surface area contributed by atoms with Crippen molar-refractivity contribution in [2.75, 3.05) is 13.1 Å². The molecule has 1 atom stereocenters. The van der Waals surface area contributed by atoms with Crippen molar-refractivity contribution in [1.82, 2.24) is 24.0 Å². The summed E-state index contributed by atoms with van der Waals surface area (Å²) in [4.78, 5) is 20.1. The summed E-state index contributed by atoms with van der Waals surface area (Å²) < 4.78 is 20.5. The Balaban J connectivity index is 1.55. The molecule has 1 unspecified atom stereocenters. The third-order valence-corrected chi connectivity index (χ3v) is 7.57. The lowest BCUT2D eigenvalue weighted by molar-refractivity contribution is 0.0583. The number of nitrogens with zero attached hydrogens (tertiary/aromatic N) is 5.